The monoisotopic (exact) mass is 584 g/mol. The van der Waals surface area contributed by atoms with Crippen molar-refractivity contribution in [3.05, 3.63) is 60.7 Å². The standard InChI is InChI=1S/C19H21OSi.3C4H9.Sn/c1-5-16-20-21(19(2,3)4,17-12-8-6-9-13-17)18-14-10-7-11-15-18;3*1-3-4-2;/h6-15H,16H2,2-4H3;3*1,3-4H2,2H3;. The Balaban J connectivity index is 2.43. The van der Waals surface area contributed by atoms with E-state index in [9.17, 15) is 0 Å². The Hall–Kier alpha value is -1.02. The normalized spacial score (nSPS) is 12.3. The zero-order valence-corrected chi connectivity index (χ0v) is 26.6. The molecule has 1 nitrogen and oxygen atoms in total. The SMILES string of the molecule is CCC[CH2][Sn]([C]#CCO[Si](c1ccccc1)(c1ccccc1)C(C)(C)C)([CH2]CCC)[CH2]CCC. The van der Waals surface area contributed by atoms with Gasteiger partial charge in [-0.15, -0.1) is 0 Å². The minimum atomic E-state index is -2.50. The van der Waals surface area contributed by atoms with E-state index in [1.807, 2.05) is 0 Å². The molecule has 2 rings (SSSR count). The summed E-state index contributed by atoms with van der Waals surface area (Å²) < 4.78 is 15.4. The molecule has 2 aromatic carbocycles. The Kier molecular flexibility index (Phi) is 12.5. The molecule has 0 saturated heterocycles. The van der Waals surface area contributed by atoms with Crippen LogP contribution in [0.2, 0.25) is 18.3 Å². The quantitative estimate of drug-likeness (QED) is 0.172. The third-order valence-electron chi connectivity index (χ3n) is 7.16. The van der Waals surface area contributed by atoms with Gasteiger partial charge in [0.15, 0.2) is 0 Å². The summed E-state index contributed by atoms with van der Waals surface area (Å²) >= 11 is -2.47. The molecule has 0 saturated carbocycles. The van der Waals surface area contributed by atoms with Crippen molar-refractivity contribution in [1.29, 1.82) is 0 Å². The Morgan fingerprint density at radius 3 is 1.47 bits per heavy atom. The third-order valence-corrected chi connectivity index (χ3v) is 25.4. The van der Waals surface area contributed by atoms with Crippen LogP contribution in [0.15, 0.2) is 60.7 Å². The predicted molar refractivity (Wildman–Crippen MR) is 156 cm³/mol. The van der Waals surface area contributed by atoms with E-state index >= 15 is 0 Å². The third kappa shape index (κ3) is 7.74. The molecule has 0 fully saturated rings. The van der Waals surface area contributed by atoms with Crippen LogP contribution >= 0.6 is 0 Å². The molecule has 0 N–H and O–H groups in total. The van der Waals surface area contributed by atoms with E-state index in [0.29, 0.717) is 6.61 Å². The van der Waals surface area contributed by atoms with Gasteiger partial charge in [0.2, 0.25) is 0 Å². The van der Waals surface area contributed by atoms with Gasteiger partial charge in [0, 0.05) is 0 Å². The van der Waals surface area contributed by atoms with Crippen molar-refractivity contribution >= 4 is 37.1 Å². The molecule has 34 heavy (non-hydrogen) atoms. The van der Waals surface area contributed by atoms with Crippen LogP contribution in [-0.4, -0.2) is 33.3 Å². The van der Waals surface area contributed by atoms with Crippen LogP contribution in [0.5, 0.6) is 0 Å². The van der Waals surface area contributed by atoms with Crippen molar-refractivity contribution in [2.75, 3.05) is 6.61 Å². The zero-order valence-electron chi connectivity index (χ0n) is 22.8. The van der Waals surface area contributed by atoms with Gasteiger partial charge in [0.05, 0.1) is 0 Å². The maximum atomic E-state index is 7.07. The van der Waals surface area contributed by atoms with Gasteiger partial charge in [0.1, 0.15) is 0 Å². The van der Waals surface area contributed by atoms with E-state index in [2.05, 4.69) is 112 Å². The average Bonchev–Trinajstić information content (AvgIpc) is 2.85. The summed E-state index contributed by atoms with van der Waals surface area (Å²) in [6.45, 7) is 14.6. The summed E-state index contributed by atoms with van der Waals surface area (Å²) in [6, 6.07) is 21.9. The van der Waals surface area contributed by atoms with Gasteiger partial charge in [-0.2, -0.15) is 0 Å². The number of hydrogen-bond acceptors (Lipinski definition) is 1. The molecule has 0 aromatic heterocycles. The zero-order chi connectivity index (χ0) is 24.9. The van der Waals surface area contributed by atoms with Crippen LogP contribution in [0.4, 0.5) is 0 Å². The molecule has 0 aliphatic rings. The van der Waals surface area contributed by atoms with Crippen molar-refractivity contribution < 1.29 is 4.43 Å². The summed E-state index contributed by atoms with van der Waals surface area (Å²) in [5, 5.41) is 2.69. The average molecular weight is 584 g/mol. The van der Waals surface area contributed by atoms with Crippen LogP contribution in [0.25, 0.3) is 0 Å². The van der Waals surface area contributed by atoms with Crippen LogP contribution < -0.4 is 10.4 Å². The number of rotatable bonds is 13. The first-order valence-corrected chi connectivity index (χ1v) is 23.0. The Morgan fingerprint density at radius 2 is 1.12 bits per heavy atom. The second kappa shape index (κ2) is 14.5. The van der Waals surface area contributed by atoms with Crippen LogP contribution in [0, 0.1) is 9.86 Å². The van der Waals surface area contributed by atoms with E-state index in [1.54, 1.807) is 0 Å². The number of hydrogen-bond donors (Lipinski definition) is 0. The van der Waals surface area contributed by atoms with Gasteiger partial charge in [-0.25, -0.2) is 0 Å². The van der Waals surface area contributed by atoms with Crippen molar-refractivity contribution in [3.8, 4) is 9.86 Å². The summed E-state index contributed by atoms with van der Waals surface area (Å²) in [5.74, 6) is 3.68. The molecule has 0 amide bonds. The molecule has 186 valence electrons. The first kappa shape index (κ1) is 29.2. The summed E-state index contributed by atoms with van der Waals surface area (Å²) in [7, 11) is -2.50. The van der Waals surface area contributed by atoms with E-state index in [4.69, 9.17) is 4.43 Å². The van der Waals surface area contributed by atoms with Crippen molar-refractivity contribution in [2.45, 2.75) is 98.4 Å². The molecule has 2 aromatic rings. The van der Waals surface area contributed by atoms with Crippen LogP contribution in [0.1, 0.15) is 80.1 Å². The molecule has 0 unspecified atom stereocenters. The molecule has 3 heteroatoms. The minimum absolute atomic E-state index is 0.00435. The molecule has 0 spiro atoms. The van der Waals surface area contributed by atoms with Gasteiger partial charge >= 0.3 is 217 Å². The van der Waals surface area contributed by atoms with E-state index < -0.39 is 26.7 Å². The van der Waals surface area contributed by atoms with Crippen molar-refractivity contribution in [3.63, 3.8) is 0 Å². The van der Waals surface area contributed by atoms with Gasteiger partial charge in [-0.05, 0) is 0 Å². The first-order valence-electron chi connectivity index (χ1n) is 13.6. The first-order chi connectivity index (χ1) is 16.3. The summed E-state index contributed by atoms with van der Waals surface area (Å²) in [5.41, 5.74) is 0. The fraction of sp³-hybridized carbons (Fsp3) is 0.548. The fourth-order valence-corrected chi connectivity index (χ4v) is 23.0. The molecule has 0 bridgehead atoms. The van der Waals surface area contributed by atoms with Gasteiger partial charge in [0.25, 0.3) is 0 Å². The fourth-order valence-electron chi connectivity index (χ4n) is 5.24. The van der Waals surface area contributed by atoms with Crippen LogP contribution in [0.3, 0.4) is 0 Å². The van der Waals surface area contributed by atoms with E-state index in [-0.39, 0.29) is 5.04 Å². The molecule has 0 radical (unpaired) electrons. The van der Waals surface area contributed by atoms with Crippen molar-refractivity contribution in [2.24, 2.45) is 0 Å². The second-order valence-electron chi connectivity index (χ2n) is 10.8. The Bertz CT molecular complexity index is 815. The summed E-state index contributed by atoms with van der Waals surface area (Å²) in [6.07, 6.45) is 7.93. The Labute approximate surface area is 216 Å². The topological polar surface area (TPSA) is 9.23 Å². The molecular weight excluding hydrogens is 535 g/mol. The molecular formula is C31H48OSiSn. The van der Waals surface area contributed by atoms with Crippen molar-refractivity contribution in [1.82, 2.24) is 0 Å². The van der Waals surface area contributed by atoms with Crippen LogP contribution in [-0.2, 0) is 4.43 Å². The summed E-state index contributed by atoms with van der Waals surface area (Å²) in [4.78, 5) is 0. The molecule has 0 atom stereocenters. The number of unbranched alkanes of at least 4 members (excludes halogenated alkanes) is 3. The van der Waals surface area contributed by atoms with E-state index in [0.717, 1.165) is 0 Å². The second-order valence-corrected chi connectivity index (χ2v) is 27.5. The molecule has 0 heterocycles. The molecule has 0 aliphatic heterocycles. The molecule has 0 aliphatic carbocycles. The number of benzene rings is 2. The Morgan fingerprint density at radius 1 is 0.706 bits per heavy atom. The van der Waals surface area contributed by atoms with Gasteiger partial charge < -0.3 is 0 Å². The van der Waals surface area contributed by atoms with Gasteiger partial charge in [-0.3, -0.25) is 0 Å². The predicted octanol–water partition coefficient (Wildman–Crippen LogP) is 7.95. The van der Waals surface area contributed by atoms with E-state index in [1.165, 1.54) is 62.2 Å². The van der Waals surface area contributed by atoms with Gasteiger partial charge in [-0.1, -0.05) is 0 Å². The maximum absolute atomic E-state index is 7.07.